The third-order valence-corrected chi connectivity index (χ3v) is 2.58. The number of methoxy groups -OCH3 is 1. The maximum absolute atomic E-state index is 5.85. The molecule has 1 heterocycles. The SMILES string of the molecule is CCNc1nc(Cl)nc(NC(COC)C(C)C)n1. The number of aromatic nitrogens is 3. The van der Waals surface area contributed by atoms with Crippen LogP contribution in [0.5, 0.6) is 0 Å². The fraction of sp³-hybridized carbons (Fsp3) is 0.727. The number of nitrogens with one attached hydrogen (secondary N) is 2. The molecule has 0 fully saturated rings. The summed E-state index contributed by atoms with van der Waals surface area (Å²) >= 11 is 5.85. The van der Waals surface area contributed by atoms with Gasteiger partial charge in [-0.15, -0.1) is 0 Å². The highest BCUT2D eigenvalue weighted by Crippen LogP contribution is 2.13. The first-order chi connectivity index (χ1) is 8.56. The van der Waals surface area contributed by atoms with Crippen LogP contribution < -0.4 is 10.6 Å². The average molecular weight is 274 g/mol. The predicted octanol–water partition coefficient (Wildman–Crippen LogP) is 2.04. The van der Waals surface area contributed by atoms with Gasteiger partial charge in [0.1, 0.15) is 0 Å². The number of nitrogens with zero attached hydrogens (tertiary/aromatic N) is 3. The summed E-state index contributed by atoms with van der Waals surface area (Å²) in [4.78, 5) is 12.3. The molecular weight excluding hydrogens is 254 g/mol. The van der Waals surface area contributed by atoms with Crippen LogP contribution in [0.2, 0.25) is 5.28 Å². The van der Waals surface area contributed by atoms with E-state index in [1.54, 1.807) is 7.11 Å². The third-order valence-electron chi connectivity index (χ3n) is 2.41. The number of anilines is 2. The molecule has 0 saturated heterocycles. The molecule has 1 rings (SSSR count). The maximum atomic E-state index is 5.85. The van der Waals surface area contributed by atoms with Gasteiger partial charge in [0.2, 0.25) is 17.2 Å². The summed E-state index contributed by atoms with van der Waals surface area (Å²) in [5.74, 6) is 1.32. The van der Waals surface area contributed by atoms with Crippen LogP contribution in [-0.2, 0) is 4.74 Å². The lowest BCUT2D eigenvalue weighted by molar-refractivity contribution is 0.171. The van der Waals surface area contributed by atoms with Crippen molar-refractivity contribution in [1.82, 2.24) is 15.0 Å². The molecule has 0 saturated carbocycles. The number of hydrogen-bond acceptors (Lipinski definition) is 6. The van der Waals surface area contributed by atoms with Crippen LogP contribution >= 0.6 is 11.6 Å². The number of halogens is 1. The summed E-state index contributed by atoms with van der Waals surface area (Å²) in [7, 11) is 1.67. The summed E-state index contributed by atoms with van der Waals surface area (Å²) in [6, 6.07) is 0.128. The van der Waals surface area contributed by atoms with Gasteiger partial charge in [-0.05, 0) is 24.4 Å². The Bertz CT molecular complexity index is 374. The van der Waals surface area contributed by atoms with E-state index in [-0.39, 0.29) is 11.3 Å². The molecule has 0 aliphatic heterocycles. The molecule has 0 amide bonds. The summed E-state index contributed by atoms with van der Waals surface area (Å²) in [5.41, 5.74) is 0. The van der Waals surface area contributed by atoms with Crippen molar-refractivity contribution in [3.63, 3.8) is 0 Å². The molecule has 7 heteroatoms. The molecule has 1 unspecified atom stereocenters. The van der Waals surface area contributed by atoms with Crippen molar-refractivity contribution in [3.05, 3.63) is 5.28 Å². The highest BCUT2D eigenvalue weighted by atomic mass is 35.5. The summed E-state index contributed by atoms with van der Waals surface area (Å²) < 4.78 is 5.16. The van der Waals surface area contributed by atoms with Crippen molar-refractivity contribution < 1.29 is 4.74 Å². The zero-order valence-electron chi connectivity index (χ0n) is 11.2. The first-order valence-electron chi connectivity index (χ1n) is 5.97. The highest BCUT2D eigenvalue weighted by Gasteiger charge is 2.15. The van der Waals surface area contributed by atoms with Crippen LogP contribution in [-0.4, -0.2) is 41.3 Å². The summed E-state index contributed by atoms with van der Waals surface area (Å²) in [5, 5.41) is 6.38. The van der Waals surface area contributed by atoms with Crippen molar-refractivity contribution >= 4 is 23.5 Å². The smallest absolute Gasteiger partial charge is 0.229 e. The molecule has 0 radical (unpaired) electrons. The quantitative estimate of drug-likeness (QED) is 0.792. The Kier molecular flexibility index (Phi) is 6.07. The Morgan fingerprint density at radius 2 is 1.89 bits per heavy atom. The van der Waals surface area contributed by atoms with Gasteiger partial charge in [0.25, 0.3) is 0 Å². The van der Waals surface area contributed by atoms with Gasteiger partial charge >= 0.3 is 0 Å². The lowest BCUT2D eigenvalue weighted by atomic mass is 10.1. The van der Waals surface area contributed by atoms with Crippen LogP contribution in [0.15, 0.2) is 0 Å². The molecule has 0 bridgehead atoms. The minimum atomic E-state index is 0.128. The van der Waals surface area contributed by atoms with Crippen molar-refractivity contribution in [3.8, 4) is 0 Å². The summed E-state index contributed by atoms with van der Waals surface area (Å²) in [6.07, 6.45) is 0. The minimum Gasteiger partial charge on any atom is -0.383 e. The first kappa shape index (κ1) is 14.9. The monoisotopic (exact) mass is 273 g/mol. The molecule has 18 heavy (non-hydrogen) atoms. The van der Waals surface area contributed by atoms with Gasteiger partial charge < -0.3 is 15.4 Å². The van der Waals surface area contributed by atoms with Crippen molar-refractivity contribution in [2.45, 2.75) is 26.8 Å². The molecular formula is C11H20ClN5O. The van der Waals surface area contributed by atoms with Gasteiger partial charge in [0.15, 0.2) is 0 Å². The Morgan fingerprint density at radius 3 is 2.44 bits per heavy atom. The largest absolute Gasteiger partial charge is 0.383 e. The second-order valence-electron chi connectivity index (χ2n) is 4.23. The van der Waals surface area contributed by atoms with E-state index >= 15 is 0 Å². The van der Waals surface area contributed by atoms with E-state index < -0.39 is 0 Å². The van der Waals surface area contributed by atoms with E-state index in [4.69, 9.17) is 16.3 Å². The van der Waals surface area contributed by atoms with Crippen LogP contribution in [0, 0.1) is 5.92 Å². The molecule has 0 spiro atoms. The molecule has 2 N–H and O–H groups in total. The van der Waals surface area contributed by atoms with Gasteiger partial charge in [-0.2, -0.15) is 15.0 Å². The van der Waals surface area contributed by atoms with E-state index in [0.717, 1.165) is 6.54 Å². The van der Waals surface area contributed by atoms with Crippen LogP contribution in [0.25, 0.3) is 0 Å². The van der Waals surface area contributed by atoms with Gasteiger partial charge in [0, 0.05) is 13.7 Å². The van der Waals surface area contributed by atoms with Gasteiger partial charge in [-0.3, -0.25) is 0 Å². The lowest BCUT2D eigenvalue weighted by Gasteiger charge is -2.21. The molecule has 1 aromatic heterocycles. The van der Waals surface area contributed by atoms with Crippen molar-refractivity contribution in [1.29, 1.82) is 0 Å². The van der Waals surface area contributed by atoms with Crippen molar-refractivity contribution in [2.75, 3.05) is 30.9 Å². The second kappa shape index (κ2) is 7.33. The Labute approximate surface area is 113 Å². The molecule has 6 nitrogen and oxygen atoms in total. The average Bonchev–Trinajstić information content (AvgIpc) is 2.28. The number of ether oxygens (including phenoxy) is 1. The zero-order chi connectivity index (χ0) is 13.5. The van der Waals surface area contributed by atoms with Gasteiger partial charge in [0.05, 0.1) is 12.6 Å². The Morgan fingerprint density at radius 1 is 1.22 bits per heavy atom. The Hall–Kier alpha value is -1.14. The Balaban J connectivity index is 2.81. The zero-order valence-corrected chi connectivity index (χ0v) is 12.0. The highest BCUT2D eigenvalue weighted by molar-refractivity contribution is 6.28. The number of rotatable bonds is 7. The lowest BCUT2D eigenvalue weighted by Crippen LogP contribution is -2.31. The molecule has 1 aromatic rings. The predicted molar refractivity (Wildman–Crippen MR) is 73.1 cm³/mol. The van der Waals surface area contributed by atoms with E-state index in [2.05, 4.69) is 39.4 Å². The van der Waals surface area contributed by atoms with Crippen LogP contribution in [0.3, 0.4) is 0 Å². The van der Waals surface area contributed by atoms with E-state index in [9.17, 15) is 0 Å². The first-order valence-corrected chi connectivity index (χ1v) is 6.35. The third kappa shape index (κ3) is 4.62. The summed E-state index contributed by atoms with van der Waals surface area (Å²) in [6.45, 7) is 7.48. The van der Waals surface area contributed by atoms with Crippen LogP contribution in [0.1, 0.15) is 20.8 Å². The fourth-order valence-electron chi connectivity index (χ4n) is 1.40. The maximum Gasteiger partial charge on any atom is 0.229 e. The minimum absolute atomic E-state index is 0.128. The fourth-order valence-corrected chi connectivity index (χ4v) is 1.56. The molecule has 1 atom stereocenters. The topological polar surface area (TPSA) is 72.0 Å². The molecule has 0 aliphatic rings. The normalized spacial score (nSPS) is 12.6. The molecule has 0 aliphatic carbocycles. The molecule has 102 valence electrons. The van der Waals surface area contributed by atoms with Crippen LogP contribution in [0.4, 0.5) is 11.9 Å². The second-order valence-corrected chi connectivity index (χ2v) is 4.57. The van der Waals surface area contributed by atoms with E-state index in [1.807, 2.05) is 6.92 Å². The standard InChI is InChI=1S/C11H20ClN5O/c1-5-13-10-15-9(12)16-11(17-10)14-8(6-18-4)7(2)3/h7-8H,5-6H2,1-4H3,(H2,13,14,15,16,17). The molecule has 0 aromatic carbocycles. The number of hydrogen-bond donors (Lipinski definition) is 2. The van der Waals surface area contributed by atoms with E-state index in [0.29, 0.717) is 24.4 Å². The van der Waals surface area contributed by atoms with E-state index in [1.165, 1.54) is 0 Å². The van der Waals surface area contributed by atoms with Gasteiger partial charge in [-0.25, -0.2) is 0 Å². The van der Waals surface area contributed by atoms with Crippen molar-refractivity contribution in [2.24, 2.45) is 5.92 Å². The van der Waals surface area contributed by atoms with Gasteiger partial charge in [-0.1, -0.05) is 13.8 Å².